The zero-order chi connectivity index (χ0) is 11.4. The van der Waals surface area contributed by atoms with Gasteiger partial charge in [-0.15, -0.1) is 0 Å². The molecule has 16 heavy (non-hydrogen) atoms. The van der Waals surface area contributed by atoms with E-state index >= 15 is 0 Å². The number of rotatable bonds is 5. The van der Waals surface area contributed by atoms with Gasteiger partial charge >= 0.3 is 0 Å². The summed E-state index contributed by atoms with van der Waals surface area (Å²) in [5.41, 5.74) is 0. The molecule has 1 N–H and O–H groups in total. The number of carbonyl (C=O) groups is 1. The van der Waals surface area contributed by atoms with Crippen LogP contribution in [-0.4, -0.2) is 36.5 Å². The number of nitrogens with one attached hydrogen (secondary N) is 1. The van der Waals surface area contributed by atoms with Crippen molar-refractivity contribution in [3.8, 4) is 0 Å². The smallest absolute Gasteiger partial charge is 0.223 e. The van der Waals surface area contributed by atoms with Crippen LogP contribution in [-0.2, 0) is 4.79 Å². The van der Waals surface area contributed by atoms with Crippen LogP contribution in [0, 0.1) is 5.92 Å². The Morgan fingerprint density at radius 1 is 1.25 bits per heavy atom. The van der Waals surface area contributed by atoms with E-state index < -0.39 is 0 Å². The summed E-state index contributed by atoms with van der Waals surface area (Å²) in [7, 11) is 0. The van der Waals surface area contributed by atoms with E-state index in [0.717, 1.165) is 32.5 Å². The lowest BCUT2D eigenvalue weighted by Gasteiger charge is -2.27. The Morgan fingerprint density at radius 3 is 2.50 bits per heavy atom. The van der Waals surface area contributed by atoms with E-state index in [1.807, 2.05) is 0 Å². The summed E-state index contributed by atoms with van der Waals surface area (Å²) in [6.07, 6.45) is 6.70. The fourth-order valence-electron chi connectivity index (χ4n) is 2.59. The van der Waals surface area contributed by atoms with Gasteiger partial charge in [0.15, 0.2) is 0 Å². The van der Waals surface area contributed by atoms with Crippen molar-refractivity contribution in [2.45, 2.75) is 51.5 Å². The lowest BCUT2D eigenvalue weighted by atomic mass is 9.94. The molecule has 1 saturated carbocycles. The van der Waals surface area contributed by atoms with E-state index in [2.05, 4.69) is 17.1 Å². The number of hydrogen-bond acceptors (Lipinski definition) is 2. The van der Waals surface area contributed by atoms with E-state index in [0.29, 0.717) is 17.9 Å². The van der Waals surface area contributed by atoms with Crippen LogP contribution in [0.2, 0.25) is 0 Å². The molecule has 2 rings (SSSR count). The minimum atomic E-state index is 0.413. The van der Waals surface area contributed by atoms with Crippen molar-refractivity contribution in [1.29, 1.82) is 0 Å². The second kappa shape index (κ2) is 5.67. The fourth-order valence-corrected chi connectivity index (χ4v) is 2.59. The molecule has 1 amide bonds. The summed E-state index contributed by atoms with van der Waals surface area (Å²) >= 11 is 0. The number of piperidine rings is 1. The first-order valence-corrected chi connectivity index (χ1v) is 6.81. The molecule has 3 nitrogen and oxygen atoms in total. The molecule has 92 valence electrons. The van der Waals surface area contributed by atoms with Gasteiger partial charge in [-0.3, -0.25) is 4.79 Å². The van der Waals surface area contributed by atoms with E-state index in [4.69, 9.17) is 0 Å². The van der Waals surface area contributed by atoms with Crippen molar-refractivity contribution in [3.63, 3.8) is 0 Å². The highest BCUT2D eigenvalue weighted by Gasteiger charge is 2.32. The Kier molecular flexibility index (Phi) is 4.22. The molecule has 0 atom stereocenters. The van der Waals surface area contributed by atoms with E-state index in [1.54, 1.807) is 0 Å². The van der Waals surface area contributed by atoms with Gasteiger partial charge in [-0.25, -0.2) is 0 Å². The standard InChI is InChI=1S/C13H24N2O/c1-2-9-15(12-3-4-12)13(16)10-11-5-7-14-8-6-11/h11-12,14H,2-10H2,1H3. The van der Waals surface area contributed by atoms with Crippen LogP contribution in [0.1, 0.15) is 45.4 Å². The third-order valence-electron chi connectivity index (χ3n) is 3.69. The summed E-state index contributed by atoms with van der Waals surface area (Å²) in [4.78, 5) is 14.3. The number of amides is 1. The monoisotopic (exact) mass is 224 g/mol. The van der Waals surface area contributed by atoms with Crippen LogP contribution in [0.25, 0.3) is 0 Å². The maximum atomic E-state index is 12.2. The minimum Gasteiger partial charge on any atom is -0.340 e. The van der Waals surface area contributed by atoms with Gasteiger partial charge in [0, 0.05) is 19.0 Å². The highest BCUT2D eigenvalue weighted by molar-refractivity contribution is 5.77. The molecule has 1 heterocycles. The van der Waals surface area contributed by atoms with Crippen molar-refractivity contribution in [3.05, 3.63) is 0 Å². The molecule has 0 aromatic rings. The molecule has 1 aliphatic carbocycles. The van der Waals surface area contributed by atoms with Crippen molar-refractivity contribution in [2.75, 3.05) is 19.6 Å². The maximum Gasteiger partial charge on any atom is 0.223 e. The third kappa shape index (κ3) is 3.21. The quantitative estimate of drug-likeness (QED) is 0.772. The first-order chi connectivity index (χ1) is 7.81. The highest BCUT2D eigenvalue weighted by Crippen LogP contribution is 2.29. The molecule has 0 radical (unpaired) electrons. The molecule has 3 heteroatoms. The summed E-state index contributed by atoms with van der Waals surface area (Å²) < 4.78 is 0. The Hall–Kier alpha value is -0.570. The Balaban J connectivity index is 1.79. The molecule has 2 aliphatic rings. The summed E-state index contributed by atoms with van der Waals surface area (Å²) in [6, 6.07) is 0.592. The predicted molar refractivity (Wildman–Crippen MR) is 65.2 cm³/mol. The van der Waals surface area contributed by atoms with Crippen molar-refractivity contribution in [1.82, 2.24) is 10.2 Å². The summed E-state index contributed by atoms with van der Waals surface area (Å²) in [5.74, 6) is 1.04. The first-order valence-electron chi connectivity index (χ1n) is 6.81. The van der Waals surface area contributed by atoms with Gasteiger partial charge in [0.1, 0.15) is 0 Å². The molecule has 0 unspecified atom stereocenters. The minimum absolute atomic E-state index is 0.413. The van der Waals surface area contributed by atoms with Crippen LogP contribution in [0.5, 0.6) is 0 Å². The highest BCUT2D eigenvalue weighted by atomic mass is 16.2. The van der Waals surface area contributed by atoms with E-state index in [1.165, 1.54) is 25.7 Å². The van der Waals surface area contributed by atoms with Gasteiger partial charge in [-0.05, 0) is 51.1 Å². The zero-order valence-electron chi connectivity index (χ0n) is 10.4. The molecule has 2 fully saturated rings. The molecule has 0 bridgehead atoms. The molecular weight excluding hydrogens is 200 g/mol. The normalized spacial score (nSPS) is 22.1. The van der Waals surface area contributed by atoms with Crippen LogP contribution >= 0.6 is 0 Å². The van der Waals surface area contributed by atoms with Crippen LogP contribution < -0.4 is 5.32 Å². The maximum absolute atomic E-state index is 12.2. The molecule has 0 aromatic heterocycles. The van der Waals surface area contributed by atoms with Crippen LogP contribution in [0.3, 0.4) is 0 Å². The number of carbonyl (C=O) groups excluding carboxylic acids is 1. The molecule has 1 aliphatic heterocycles. The van der Waals surface area contributed by atoms with Gasteiger partial charge in [0.2, 0.25) is 5.91 Å². The first kappa shape index (κ1) is 11.9. The van der Waals surface area contributed by atoms with Crippen molar-refractivity contribution >= 4 is 5.91 Å². The fraction of sp³-hybridized carbons (Fsp3) is 0.923. The molecular formula is C13H24N2O. The zero-order valence-corrected chi connectivity index (χ0v) is 10.4. The van der Waals surface area contributed by atoms with Crippen LogP contribution in [0.4, 0.5) is 0 Å². The van der Waals surface area contributed by atoms with Crippen molar-refractivity contribution < 1.29 is 4.79 Å². The lowest BCUT2D eigenvalue weighted by molar-refractivity contribution is -0.133. The summed E-state index contributed by atoms with van der Waals surface area (Å²) in [5, 5.41) is 3.35. The predicted octanol–water partition coefficient (Wildman–Crippen LogP) is 1.78. The lowest BCUT2D eigenvalue weighted by Crippen LogP contribution is -2.37. The molecule has 0 aromatic carbocycles. The largest absolute Gasteiger partial charge is 0.340 e. The Labute approximate surface area is 98.6 Å². The van der Waals surface area contributed by atoms with Gasteiger partial charge in [-0.2, -0.15) is 0 Å². The van der Waals surface area contributed by atoms with Gasteiger partial charge in [0.05, 0.1) is 0 Å². The second-order valence-corrected chi connectivity index (χ2v) is 5.22. The Morgan fingerprint density at radius 2 is 1.94 bits per heavy atom. The van der Waals surface area contributed by atoms with Gasteiger partial charge in [0.25, 0.3) is 0 Å². The van der Waals surface area contributed by atoms with Gasteiger partial charge < -0.3 is 10.2 Å². The molecule has 0 spiro atoms. The van der Waals surface area contributed by atoms with Crippen molar-refractivity contribution in [2.24, 2.45) is 5.92 Å². The number of nitrogens with zero attached hydrogens (tertiary/aromatic N) is 1. The van der Waals surface area contributed by atoms with Gasteiger partial charge in [-0.1, -0.05) is 6.92 Å². The average molecular weight is 224 g/mol. The van der Waals surface area contributed by atoms with E-state index in [9.17, 15) is 4.79 Å². The Bertz CT molecular complexity index is 232. The van der Waals surface area contributed by atoms with Crippen LogP contribution in [0.15, 0.2) is 0 Å². The second-order valence-electron chi connectivity index (χ2n) is 5.22. The topological polar surface area (TPSA) is 32.3 Å². The van der Waals surface area contributed by atoms with E-state index in [-0.39, 0.29) is 0 Å². The summed E-state index contributed by atoms with van der Waals surface area (Å²) in [6.45, 7) is 5.31. The average Bonchev–Trinajstić information content (AvgIpc) is 3.11. The SMILES string of the molecule is CCCN(C(=O)CC1CCNCC1)C1CC1. The third-order valence-corrected chi connectivity index (χ3v) is 3.69. The molecule has 1 saturated heterocycles. The number of hydrogen-bond donors (Lipinski definition) is 1.